The third kappa shape index (κ3) is 8.31. The summed E-state index contributed by atoms with van der Waals surface area (Å²) in [5, 5.41) is 10.5. The predicted molar refractivity (Wildman–Crippen MR) is 138 cm³/mol. The number of azide groups is 1. The zero-order chi connectivity index (χ0) is 24.4. The van der Waals surface area contributed by atoms with Crippen molar-refractivity contribution < 1.29 is 9.53 Å². The summed E-state index contributed by atoms with van der Waals surface area (Å²) in [6.07, 6.45) is 6.34. The highest BCUT2D eigenvalue weighted by Crippen LogP contribution is 2.32. The summed E-state index contributed by atoms with van der Waals surface area (Å²) in [5.41, 5.74) is 12.8. The van der Waals surface area contributed by atoms with Gasteiger partial charge in [-0.15, -0.1) is 0 Å². The Kier molecular flexibility index (Phi) is 9.23. The van der Waals surface area contributed by atoms with Crippen molar-refractivity contribution >= 4 is 11.8 Å². The van der Waals surface area contributed by atoms with E-state index in [4.69, 9.17) is 10.3 Å². The van der Waals surface area contributed by atoms with Gasteiger partial charge in [-0.1, -0.05) is 47.6 Å². The molecule has 0 atom stereocenters. The van der Waals surface area contributed by atoms with Crippen LogP contribution in [-0.2, 0) is 11.2 Å². The first kappa shape index (κ1) is 25.4. The van der Waals surface area contributed by atoms with E-state index in [1.54, 1.807) is 0 Å². The Labute approximate surface area is 202 Å². The van der Waals surface area contributed by atoms with Crippen molar-refractivity contribution in [3.8, 4) is 11.1 Å². The number of nitrogens with one attached hydrogen (secondary N) is 2. The Bertz CT molecular complexity index is 972. The minimum Gasteiger partial charge on any atom is -0.444 e. The van der Waals surface area contributed by atoms with E-state index in [1.165, 1.54) is 16.7 Å². The number of unbranched alkanes of at least 4 members (excludes halogenated alkanes) is 1. The van der Waals surface area contributed by atoms with Crippen LogP contribution >= 0.6 is 0 Å². The Balaban J connectivity index is 1.63. The summed E-state index contributed by atoms with van der Waals surface area (Å²) in [7, 11) is 0. The fourth-order valence-electron chi connectivity index (χ4n) is 4.37. The van der Waals surface area contributed by atoms with Crippen LogP contribution in [0.3, 0.4) is 0 Å². The highest BCUT2D eigenvalue weighted by atomic mass is 16.6. The van der Waals surface area contributed by atoms with Crippen LogP contribution in [0.4, 0.5) is 10.5 Å². The third-order valence-electron chi connectivity index (χ3n) is 6.01. The molecule has 2 aromatic rings. The number of carbonyl (C=O) groups excluding carboxylic acids is 1. The number of anilines is 1. The van der Waals surface area contributed by atoms with Gasteiger partial charge in [0.2, 0.25) is 0 Å². The van der Waals surface area contributed by atoms with Crippen molar-refractivity contribution in [2.45, 2.75) is 83.4 Å². The lowest BCUT2D eigenvalue weighted by Gasteiger charge is -2.31. The fourth-order valence-corrected chi connectivity index (χ4v) is 4.37. The molecule has 7 heteroatoms. The van der Waals surface area contributed by atoms with Crippen molar-refractivity contribution in [2.75, 3.05) is 11.9 Å². The molecule has 3 rings (SSSR count). The maximum absolute atomic E-state index is 12.1. The third-order valence-corrected chi connectivity index (χ3v) is 6.01. The first-order chi connectivity index (χ1) is 16.3. The van der Waals surface area contributed by atoms with E-state index < -0.39 is 5.60 Å². The number of hydrogen-bond donors (Lipinski definition) is 2. The molecule has 34 heavy (non-hydrogen) atoms. The number of aryl methyl sites for hydroxylation is 1. The molecule has 0 aliphatic heterocycles. The summed E-state index contributed by atoms with van der Waals surface area (Å²) >= 11 is 0. The molecule has 2 N–H and O–H groups in total. The van der Waals surface area contributed by atoms with Gasteiger partial charge in [-0.05, 0) is 88.4 Å². The molecule has 0 unspecified atom stereocenters. The average Bonchev–Trinajstić information content (AvgIpc) is 2.80. The molecule has 0 heterocycles. The van der Waals surface area contributed by atoms with E-state index in [2.05, 4.69) is 63.1 Å². The molecule has 1 aliphatic carbocycles. The second-order valence-corrected chi connectivity index (χ2v) is 10.00. The van der Waals surface area contributed by atoms with Crippen LogP contribution in [0.1, 0.15) is 64.9 Å². The van der Waals surface area contributed by atoms with Gasteiger partial charge in [-0.2, -0.15) is 0 Å². The summed E-state index contributed by atoms with van der Waals surface area (Å²) in [6.45, 7) is 6.19. The maximum Gasteiger partial charge on any atom is 0.407 e. The van der Waals surface area contributed by atoms with Gasteiger partial charge in [0.05, 0.1) is 0 Å². The molecule has 0 spiro atoms. The topological polar surface area (TPSA) is 99.1 Å². The van der Waals surface area contributed by atoms with E-state index in [0.717, 1.165) is 50.6 Å². The van der Waals surface area contributed by atoms with E-state index in [-0.39, 0.29) is 12.1 Å². The zero-order valence-corrected chi connectivity index (χ0v) is 20.6. The standard InChI is InChI=1S/C27H37N5O2/c1-27(2,3)34-26(33)31-23-15-13-22(14-16-23)30-25-19-20(9-7-8-18-29-32-28)12-17-24(25)21-10-5-4-6-11-21/h4-6,10-12,17,19,22-23,30H,7-9,13-16,18H2,1-3H3,(H,31,33). The van der Waals surface area contributed by atoms with Crippen molar-refractivity contribution in [1.29, 1.82) is 0 Å². The Hall–Kier alpha value is -3.18. The Morgan fingerprint density at radius 2 is 1.76 bits per heavy atom. The van der Waals surface area contributed by atoms with Crippen molar-refractivity contribution in [3.63, 3.8) is 0 Å². The second kappa shape index (κ2) is 12.3. The highest BCUT2D eigenvalue weighted by molar-refractivity contribution is 5.78. The maximum atomic E-state index is 12.1. The predicted octanol–water partition coefficient (Wildman–Crippen LogP) is 7.23. The molecule has 0 saturated heterocycles. The van der Waals surface area contributed by atoms with Crippen LogP contribution in [0.15, 0.2) is 53.6 Å². The van der Waals surface area contributed by atoms with E-state index in [0.29, 0.717) is 12.6 Å². The summed E-state index contributed by atoms with van der Waals surface area (Å²) in [4.78, 5) is 14.9. The quantitative estimate of drug-likeness (QED) is 0.177. The van der Waals surface area contributed by atoms with Crippen molar-refractivity contribution in [2.24, 2.45) is 5.11 Å². The minimum atomic E-state index is -0.482. The van der Waals surface area contributed by atoms with Crippen LogP contribution in [0.25, 0.3) is 21.6 Å². The number of benzene rings is 2. The first-order valence-corrected chi connectivity index (χ1v) is 12.3. The molecular formula is C27H37N5O2. The summed E-state index contributed by atoms with van der Waals surface area (Å²) < 4.78 is 5.41. The van der Waals surface area contributed by atoms with Crippen molar-refractivity contribution in [3.05, 3.63) is 64.5 Å². The average molecular weight is 464 g/mol. The van der Waals surface area contributed by atoms with Crippen molar-refractivity contribution in [1.82, 2.24) is 5.32 Å². The molecular weight excluding hydrogens is 426 g/mol. The SMILES string of the molecule is CC(C)(C)OC(=O)NC1CCC(Nc2cc(CCCCN=[N+]=[N-])ccc2-c2ccccc2)CC1. The number of amides is 1. The fraction of sp³-hybridized carbons (Fsp3) is 0.519. The van der Waals surface area contributed by atoms with Gasteiger partial charge in [0.1, 0.15) is 5.60 Å². The monoisotopic (exact) mass is 463 g/mol. The van der Waals surface area contributed by atoms with Crippen LogP contribution in [0, 0.1) is 0 Å². The van der Waals surface area contributed by atoms with Gasteiger partial charge < -0.3 is 15.4 Å². The van der Waals surface area contributed by atoms with Gasteiger partial charge in [-0.3, -0.25) is 0 Å². The molecule has 0 bridgehead atoms. The summed E-state index contributed by atoms with van der Waals surface area (Å²) in [5.74, 6) is 0. The molecule has 0 radical (unpaired) electrons. The zero-order valence-electron chi connectivity index (χ0n) is 20.6. The van der Waals surface area contributed by atoms with Gasteiger partial charge in [0.15, 0.2) is 0 Å². The van der Waals surface area contributed by atoms with Gasteiger partial charge in [0, 0.05) is 34.8 Å². The van der Waals surface area contributed by atoms with Crippen LogP contribution in [0.2, 0.25) is 0 Å². The smallest absolute Gasteiger partial charge is 0.407 e. The Morgan fingerprint density at radius 1 is 1.06 bits per heavy atom. The van der Waals surface area contributed by atoms with Gasteiger partial charge in [0.25, 0.3) is 0 Å². The molecule has 1 fully saturated rings. The number of hydrogen-bond acceptors (Lipinski definition) is 4. The molecule has 0 aromatic heterocycles. The molecule has 1 amide bonds. The minimum absolute atomic E-state index is 0.156. The number of ether oxygens (including phenoxy) is 1. The molecule has 7 nitrogen and oxygen atoms in total. The lowest BCUT2D eigenvalue weighted by atomic mass is 9.90. The number of nitrogens with zero attached hydrogens (tertiary/aromatic N) is 3. The number of carbonyl (C=O) groups is 1. The number of rotatable bonds is 9. The van der Waals surface area contributed by atoms with Gasteiger partial charge in [-0.25, -0.2) is 4.79 Å². The van der Waals surface area contributed by atoms with E-state index in [9.17, 15) is 4.79 Å². The lowest BCUT2D eigenvalue weighted by Crippen LogP contribution is -2.42. The molecule has 182 valence electrons. The van der Waals surface area contributed by atoms with E-state index >= 15 is 0 Å². The van der Waals surface area contributed by atoms with E-state index in [1.807, 2.05) is 26.8 Å². The van der Waals surface area contributed by atoms with Gasteiger partial charge >= 0.3 is 6.09 Å². The first-order valence-electron chi connectivity index (χ1n) is 12.3. The largest absolute Gasteiger partial charge is 0.444 e. The number of alkyl carbamates (subject to hydrolysis) is 1. The molecule has 1 aliphatic rings. The molecule has 1 saturated carbocycles. The lowest BCUT2D eigenvalue weighted by molar-refractivity contribution is 0.0492. The van der Waals surface area contributed by atoms with Crippen LogP contribution in [0.5, 0.6) is 0 Å². The molecule has 2 aromatic carbocycles. The van der Waals surface area contributed by atoms with Crippen LogP contribution in [-0.4, -0.2) is 30.3 Å². The second-order valence-electron chi connectivity index (χ2n) is 10.00. The normalized spacial score (nSPS) is 18.0. The summed E-state index contributed by atoms with van der Waals surface area (Å²) in [6, 6.07) is 17.6. The Morgan fingerprint density at radius 3 is 2.44 bits per heavy atom. The van der Waals surface area contributed by atoms with Crippen LogP contribution < -0.4 is 10.6 Å². The highest BCUT2D eigenvalue weighted by Gasteiger charge is 2.25.